The largest absolute Gasteiger partial charge is 0.493 e. The molecule has 0 radical (unpaired) electrons. The molecule has 0 aromatic heterocycles. The fraction of sp³-hybridized carbons (Fsp3) is 0.647. The van der Waals surface area contributed by atoms with Crippen LogP contribution in [0.1, 0.15) is 44.2 Å². The van der Waals surface area contributed by atoms with Gasteiger partial charge in [-0.2, -0.15) is 0 Å². The van der Waals surface area contributed by atoms with Crippen molar-refractivity contribution in [3.63, 3.8) is 0 Å². The van der Waals surface area contributed by atoms with E-state index in [4.69, 9.17) is 4.74 Å². The van der Waals surface area contributed by atoms with Gasteiger partial charge in [0.2, 0.25) is 0 Å². The third kappa shape index (κ3) is 4.23. The van der Waals surface area contributed by atoms with Gasteiger partial charge in [0.1, 0.15) is 5.75 Å². The number of benzene rings is 1. The first-order chi connectivity index (χ1) is 9.74. The first-order valence-electron chi connectivity index (χ1n) is 7.89. The van der Waals surface area contributed by atoms with E-state index in [1.807, 2.05) is 0 Å². The number of rotatable bonds is 8. The summed E-state index contributed by atoms with van der Waals surface area (Å²) in [6.45, 7) is 7.56. The summed E-state index contributed by atoms with van der Waals surface area (Å²) in [6, 6.07) is 4.45. The molecule has 0 bridgehead atoms. The maximum absolute atomic E-state index is 5.85. The molecular formula is C17H26BrNO. The molecular weight excluding hydrogens is 314 g/mol. The molecule has 1 aromatic rings. The molecule has 1 aliphatic rings. The molecule has 2 nitrogen and oxygen atoms in total. The first-order valence-corrected chi connectivity index (χ1v) is 8.68. The second-order valence-electron chi connectivity index (χ2n) is 5.71. The number of hydrogen-bond acceptors (Lipinski definition) is 2. The molecule has 1 heterocycles. The van der Waals surface area contributed by atoms with Crippen LogP contribution >= 0.6 is 15.9 Å². The summed E-state index contributed by atoms with van der Waals surface area (Å²) >= 11 is 3.64. The van der Waals surface area contributed by atoms with Crippen LogP contribution in [0.2, 0.25) is 0 Å². The summed E-state index contributed by atoms with van der Waals surface area (Å²) in [7, 11) is 0. The fourth-order valence-electron chi connectivity index (χ4n) is 2.98. The standard InChI is InChI=1S/C17H26BrNO/c1-3-5-13(12-19-7-4-2)9-15-11-16(18)10-14-6-8-20-17(14)15/h10-11,13,19H,3-9,12H2,1-2H3. The van der Waals surface area contributed by atoms with Gasteiger partial charge in [-0.05, 0) is 61.5 Å². The van der Waals surface area contributed by atoms with E-state index in [1.165, 1.54) is 34.9 Å². The quantitative estimate of drug-likeness (QED) is 0.711. The third-order valence-corrected chi connectivity index (χ3v) is 4.35. The Kier molecular flexibility index (Phi) is 6.37. The normalized spacial score (nSPS) is 14.9. The Morgan fingerprint density at radius 1 is 1.30 bits per heavy atom. The highest BCUT2D eigenvalue weighted by atomic mass is 79.9. The van der Waals surface area contributed by atoms with E-state index < -0.39 is 0 Å². The van der Waals surface area contributed by atoms with Gasteiger partial charge < -0.3 is 10.1 Å². The highest BCUT2D eigenvalue weighted by Gasteiger charge is 2.19. The zero-order valence-corrected chi connectivity index (χ0v) is 14.3. The minimum atomic E-state index is 0.703. The Morgan fingerprint density at radius 3 is 2.90 bits per heavy atom. The van der Waals surface area contributed by atoms with Crippen LogP contribution < -0.4 is 10.1 Å². The average molecular weight is 340 g/mol. The summed E-state index contributed by atoms with van der Waals surface area (Å²) in [4.78, 5) is 0. The molecule has 0 aliphatic carbocycles. The molecule has 0 fully saturated rings. The van der Waals surface area contributed by atoms with Crippen molar-refractivity contribution in [2.75, 3.05) is 19.7 Å². The molecule has 1 unspecified atom stereocenters. The van der Waals surface area contributed by atoms with Crippen molar-refractivity contribution in [3.05, 3.63) is 27.7 Å². The lowest BCUT2D eigenvalue weighted by atomic mass is 9.93. The smallest absolute Gasteiger partial charge is 0.125 e. The summed E-state index contributed by atoms with van der Waals surface area (Å²) in [5, 5.41) is 3.57. The first kappa shape index (κ1) is 15.8. The molecule has 1 aliphatic heterocycles. The number of halogens is 1. The predicted molar refractivity (Wildman–Crippen MR) is 88.6 cm³/mol. The van der Waals surface area contributed by atoms with Crippen molar-refractivity contribution in [2.45, 2.75) is 46.0 Å². The van der Waals surface area contributed by atoms with Gasteiger partial charge in [-0.1, -0.05) is 36.2 Å². The van der Waals surface area contributed by atoms with Crippen molar-refractivity contribution in [2.24, 2.45) is 5.92 Å². The lowest BCUT2D eigenvalue weighted by Gasteiger charge is -2.19. The minimum Gasteiger partial charge on any atom is -0.493 e. The van der Waals surface area contributed by atoms with E-state index >= 15 is 0 Å². The van der Waals surface area contributed by atoms with Gasteiger partial charge >= 0.3 is 0 Å². The number of fused-ring (bicyclic) bond motifs is 1. The van der Waals surface area contributed by atoms with E-state index in [1.54, 1.807) is 0 Å². The van der Waals surface area contributed by atoms with Crippen LogP contribution in [0, 0.1) is 5.92 Å². The Hall–Kier alpha value is -0.540. The van der Waals surface area contributed by atoms with Gasteiger partial charge in [0.15, 0.2) is 0 Å². The molecule has 0 saturated carbocycles. The molecule has 20 heavy (non-hydrogen) atoms. The zero-order chi connectivity index (χ0) is 14.4. The van der Waals surface area contributed by atoms with Crippen molar-refractivity contribution in [1.82, 2.24) is 5.32 Å². The summed E-state index contributed by atoms with van der Waals surface area (Å²) in [6.07, 6.45) is 5.89. The van der Waals surface area contributed by atoms with Crippen LogP contribution in [0.4, 0.5) is 0 Å². The van der Waals surface area contributed by atoms with Crippen LogP contribution in [0.5, 0.6) is 5.75 Å². The highest BCUT2D eigenvalue weighted by molar-refractivity contribution is 9.10. The topological polar surface area (TPSA) is 21.3 Å². The maximum atomic E-state index is 5.85. The van der Waals surface area contributed by atoms with Crippen LogP contribution in [0.15, 0.2) is 16.6 Å². The summed E-state index contributed by atoms with van der Waals surface area (Å²) in [5.74, 6) is 1.86. The van der Waals surface area contributed by atoms with Crippen molar-refractivity contribution in [3.8, 4) is 5.75 Å². The molecule has 1 atom stereocenters. The van der Waals surface area contributed by atoms with Crippen LogP contribution in [0.25, 0.3) is 0 Å². The van der Waals surface area contributed by atoms with E-state index in [2.05, 4.69) is 47.2 Å². The summed E-state index contributed by atoms with van der Waals surface area (Å²) in [5.41, 5.74) is 2.75. The molecule has 0 saturated heterocycles. The molecule has 1 N–H and O–H groups in total. The molecule has 1 aromatic carbocycles. The second kappa shape index (κ2) is 8.04. The van der Waals surface area contributed by atoms with Gasteiger partial charge in [-0.3, -0.25) is 0 Å². The average Bonchev–Trinajstić information content (AvgIpc) is 2.87. The molecule has 0 amide bonds. The summed E-state index contributed by atoms with van der Waals surface area (Å²) < 4.78 is 7.04. The van der Waals surface area contributed by atoms with Crippen molar-refractivity contribution >= 4 is 15.9 Å². The Balaban J connectivity index is 2.06. The Bertz CT molecular complexity index is 433. The van der Waals surface area contributed by atoms with Gasteiger partial charge in [-0.15, -0.1) is 0 Å². The lowest BCUT2D eigenvalue weighted by Crippen LogP contribution is -2.25. The maximum Gasteiger partial charge on any atom is 0.125 e. The SMILES string of the molecule is CCCNCC(CCC)Cc1cc(Br)cc2c1OCC2. The number of hydrogen-bond donors (Lipinski definition) is 1. The second-order valence-corrected chi connectivity index (χ2v) is 6.63. The van der Waals surface area contributed by atoms with Crippen molar-refractivity contribution < 1.29 is 4.74 Å². The molecule has 0 spiro atoms. The lowest BCUT2D eigenvalue weighted by molar-refractivity contribution is 0.348. The van der Waals surface area contributed by atoms with E-state index in [9.17, 15) is 0 Å². The van der Waals surface area contributed by atoms with E-state index in [0.717, 1.165) is 38.3 Å². The van der Waals surface area contributed by atoms with Crippen LogP contribution in [-0.4, -0.2) is 19.7 Å². The van der Waals surface area contributed by atoms with Gasteiger partial charge in [0.05, 0.1) is 6.61 Å². The molecule has 112 valence electrons. The van der Waals surface area contributed by atoms with Crippen LogP contribution in [-0.2, 0) is 12.8 Å². The predicted octanol–water partition coefficient (Wildman–Crippen LogP) is 4.34. The minimum absolute atomic E-state index is 0.703. The molecule has 3 heteroatoms. The number of nitrogens with one attached hydrogen (secondary N) is 1. The van der Waals surface area contributed by atoms with Gasteiger partial charge in [-0.25, -0.2) is 0 Å². The Morgan fingerprint density at radius 2 is 2.15 bits per heavy atom. The Labute approximate surface area is 131 Å². The fourth-order valence-corrected chi connectivity index (χ4v) is 3.53. The van der Waals surface area contributed by atoms with Crippen LogP contribution in [0.3, 0.4) is 0 Å². The zero-order valence-electron chi connectivity index (χ0n) is 12.7. The number of ether oxygens (including phenoxy) is 1. The van der Waals surface area contributed by atoms with Crippen molar-refractivity contribution in [1.29, 1.82) is 0 Å². The third-order valence-electron chi connectivity index (χ3n) is 3.89. The van der Waals surface area contributed by atoms with E-state index in [0.29, 0.717) is 5.92 Å². The monoisotopic (exact) mass is 339 g/mol. The van der Waals surface area contributed by atoms with E-state index in [-0.39, 0.29) is 0 Å². The highest BCUT2D eigenvalue weighted by Crippen LogP contribution is 2.34. The molecule has 2 rings (SSSR count). The van der Waals surface area contributed by atoms with Gasteiger partial charge in [0, 0.05) is 10.9 Å². The van der Waals surface area contributed by atoms with Gasteiger partial charge in [0.25, 0.3) is 0 Å².